The van der Waals surface area contributed by atoms with Crippen LogP contribution in [0.15, 0.2) is 0 Å². The van der Waals surface area contributed by atoms with E-state index >= 15 is 0 Å². The summed E-state index contributed by atoms with van der Waals surface area (Å²) in [6.07, 6.45) is 2.02. The van der Waals surface area contributed by atoms with E-state index in [-0.39, 0.29) is 23.7 Å². The second kappa shape index (κ2) is 5.14. The van der Waals surface area contributed by atoms with Gasteiger partial charge in [-0.05, 0) is 24.3 Å². The Bertz CT molecular complexity index is 814. The molecule has 0 aliphatic heterocycles. The highest BCUT2D eigenvalue weighted by molar-refractivity contribution is 7.21. The van der Waals surface area contributed by atoms with E-state index in [9.17, 15) is 10.1 Å². The first kappa shape index (κ1) is 14.6. The zero-order valence-electron chi connectivity index (χ0n) is 12.4. The van der Waals surface area contributed by atoms with Crippen molar-refractivity contribution in [3.05, 3.63) is 16.0 Å². The summed E-state index contributed by atoms with van der Waals surface area (Å²) < 4.78 is 0. The van der Waals surface area contributed by atoms with Gasteiger partial charge in [0.15, 0.2) is 0 Å². The van der Waals surface area contributed by atoms with Crippen LogP contribution >= 0.6 is 11.3 Å². The molecule has 5 N–H and O–H groups in total. The molecule has 1 amide bonds. The molecular weight excluding hydrogens is 298 g/mol. The van der Waals surface area contributed by atoms with Gasteiger partial charge in [-0.2, -0.15) is 5.26 Å². The molecule has 114 valence electrons. The van der Waals surface area contributed by atoms with Crippen LogP contribution in [0.5, 0.6) is 0 Å². The number of nitrogens with two attached hydrogens (primary N) is 2. The average Bonchev–Trinajstić information content (AvgIpc) is 3.20. The molecule has 0 bridgehead atoms. The van der Waals surface area contributed by atoms with E-state index in [1.54, 1.807) is 0 Å². The zero-order chi connectivity index (χ0) is 16.0. The Balaban J connectivity index is 2.23. The number of carbonyl (C=O) groups excluding carboxylic acids is 1. The number of nitrogen functional groups attached to an aromatic ring is 2. The number of amides is 1. The van der Waals surface area contributed by atoms with Crippen molar-refractivity contribution in [2.45, 2.75) is 38.6 Å². The summed E-state index contributed by atoms with van der Waals surface area (Å²) in [4.78, 5) is 17.6. The molecule has 0 spiro atoms. The lowest BCUT2D eigenvalue weighted by molar-refractivity contribution is 0.0956. The molecule has 6 nitrogen and oxygen atoms in total. The lowest BCUT2D eigenvalue weighted by Crippen LogP contribution is -2.25. The molecule has 1 aliphatic rings. The monoisotopic (exact) mass is 315 g/mol. The Labute approximate surface area is 132 Å². The van der Waals surface area contributed by atoms with E-state index < -0.39 is 0 Å². The molecule has 2 heterocycles. The fraction of sp³-hybridized carbons (Fsp3) is 0.400. The van der Waals surface area contributed by atoms with Crippen LogP contribution in [0.1, 0.15) is 53.4 Å². The van der Waals surface area contributed by atoms with Gasteiger partial charge in [-0.25, -0.2) is 4.98 Å². The summed E-state index contributed by atoms with van der Waals surface area (Å²) in [6.45, 7) is 3.94. The van der Waals surface area contributed by atoms with E-state index in [1.807, 2.05) is 13.8 Å². The second-order valence-corrected chi connectivity index (χ2v) is 6.82. The van der Waals surface area contributed by atoms with Gasteiger partial charge in [0, 0.05) is 11.4 Å². The zero-order valence-corrected chi connectivity index (χ0v) is 13.3. The van der Waals surface area contributed by atoms with Crippen LogP contribution in [0.3, 0.4) is 0 Å². The third kappa shape index (κ3) is 2.25. The van der Waals surface area contributed by atoms with Crippen LogP contribution in [-0.4, -0.2) is 16.9 Å². The van der Waals surface area contributed by atoms with Gasteiger partial charge in [-0.15, -0.1) is 11.3 Å². The topological polar surface area (TPSA) is 118 Å². The highest BCUT2D eigenvalue weighted by Crippen LogP contribution is 2.40. The maximum atomic E-state index is 12.3. The molecule has 7 heteroatoms. The molecule has 0 radical (unpaired) electrons. The number of aromatic nitrogens is 1. The molecule has 1 aliphatic carbocycles. The minimum atomic E-state index is -0.171. The minimum Gasteiger partial charge on any atom is -0.397 e. The molecular formula is C15H17N5OS. The number of fused-ring (bicyclic) bond motifs is 1. The van der Waals surface area contributed by atoms with Crippen molar-refractivity contribution in [3.63, 3.8) is 0 Å². The maximum Gasteiger partial charge on any atom is 0.263 e. The Morgan fingerprint density at radius 3 is 2.68 bits per heavy atom. The number of pyridine rings is 1. The number of thiophene rings is 1. The highest BCUT2D eigenvalue weighted by atomic mass is 32.1. The quantitative estimate of drug-likeness (QED) is 0.803. The van der Waals surface area contributed by atoms with E-state index in [1.165, 1.54) is 11.3 Å². The summed E-state index contributed by atoms with van der Waals surface area (Å²) in [7, 11) is 0. The summed E-state index contributed by atoms with van der Waals surface area (Å²) >= 11 is 1.23. The van der Waals surface area contributed by atoms with Crippen LogP contribution < -0.4 is 16.8 Å². The normalized spacial score (nSPS) is 14.3. The molecule has 0 saturated heterocycles. The first-order chi connectivity index (χ1) is 10.4. The third-order valence-corrected chi connectivity index (χ3v) is 4.85. The maximum absolute atomic E-state index is 12.3. The van der Waals surface area contributed by atoms with Gasteiger partial charge in [-0.1, -0.05) is 13.8 Å². The molecule has 1 fully saturated rings. The molecule has 0 atom stereocenters. The predicted molar refractivity (Wildman–Crippen MR) is 87.7 cm³/mol. The van der Waals surface area contributed by atoms with E-state index in [2.05, 4.69) is 16.4 Å². The fourth-order valence-corrected chi connectivity index (χ4v) is 3.56. The van der Waals surface area contributed by atoms with Crippen molar-refractivity contribution in [3.8, 4) is 6.07 Å². The molecule has 22 heavy (non-hydrogen) atoms. The van der Waals surface area contributed by atoms with Crippen molar-refractivity contribution in [1.29, 1.82) is 5.26 Å². The van der Waals surface area contributed by atoms with Crippen LogP contribution in [0.4, 0.5) is 11.5 Å². The second-order valence-electron chi connectivity index (χ2n) is 5.82. The Morgan fingerprint density at radius 2 is 2.14 bits per heavy atom. The Hall–Kier alpha value is -2.33. The SMILES string of the molecule is CC(C)c1c(C#N)c(N)nc2sc(C(=O)NC3CC3)c(N)c12. The highest BCUT2D eigenvalue weighted by Gasteiger charge is 2.28. The van der Waals surface area contributed by atoms with Gasteiger partial charge in [0.05, 0.1) is 11.3 Å². The number of anilines is 2. The summed E-state index contributed by atoms with van der Waals surface area (Å²) in [5.41, 5.74) is 13.6. The van der Waals surface area contributed by atoms with Gasteiger partial charge < -0.3 is 16.8 Å². The van der Waals surface area contributed by atoms with Gasteiger partial charge in [0.25, 0.3) is 5.91 Å². The van der Waals surface area contributed by atoms with Crippen molar-refractivity contribution in [2.75, 3.05) is 11.5 Å². The Kier molecular flexibility index (Phi) is 3.41. The summed E-state index contributed by atoms with van der Waals surface area (Å²) in [6, 6.07) is 2.36. The number of hydrogen-bond acceptors (Lipinski definition) is 6. The van der Waals surface area contributed by atoms with Crippen molar-refractivity contribution < 1.29 is 4.79 Å². The molecule has 0 unspecified atom stereocenters. The lowest BCUT2D eigenvalue weighted by atomic mass is 9.95. The first-order valence-electron chi connectivity index (χ1n) is 7.16. The van der Waals surface area contributed by atoms with Crippen LogP contribution in [0, 0.1) is 11.3 Å². The number of carbonyl (C=O) groups is 1. The van der Waals surface area contributed by atoms with Gasteiger partial charge in [-0.3, -0.25) is 4.79 Å². The van der Waals surface area contributed by atoms with E-state index in [4.69, 9.17) is 11.5 Å². The number of nitrogens with zero attached hydrogens (tertiary/aromatic N) is 2. The van der Waals surface area contributed by atoms with E-state index in [0.717, 1.165) is 18.4 Å². The molecule has 2 aromatic rings. The van der Waals surface area contributed by atoms with Gasteiger partial charge in [0.1, 0.15) is 21.6 Å². The van der Waals surface area contributed by atoms with Crippen molar-refractivity contribution in [2.24, 2.45) is 0 Å². The molecule has 1 saturated carbocycles. The predicted octanol–water partition coefficient (Wildman–Crippen LogP) is 2.35. The molecule has 0 aromatic carbocycles. The molecule has 3 rings (SSSR count). The first-order valence-corrected chi connectivity index (χ1v) is 7.98. The summed E-state index contributed by atoms with van der Waals surface area (Å²) in [5.74, 6) is 0.0718. The van der Waals surface area contributed by atoms with Crippen LogP contribution in [0.2, 0.25) is 0 Å². The van der Waals surface area contributed by atoms with Crippen molar-refractivity contribution in [1.82, 2.24) is 10.3 Å². The number of hydrogen-bond donors (Lipinski definition) is 3. The largest absolute Gasteiger partial charge is 0.397 e. The smallest absolute Gasteiger partial charge is 0.263 e. The summed E-state index contributed by atoms with van der Waals surface area (Å²) in [5, 5.41) is 13.0. The number of rotatable bonds is 3. The van der Waals surface area contributed by atoms with Crippen LogP contribution in [-0.2, 0) is 0 Å². The van der Waals surface area contributed by atoms with Gasteiger partial charge >= 0.3 is 0 Å². The lowest BCUT2D eigenvalue weighted by Gasteiger charge is -2.12. The van der Waals surface area contributed by atoms with Gasteiger partial charge in [0.2, 0.25) is 0 Å². The van der Waals surface area contributed by atoms with Crippen molar-refractivity contribution >= 4 is 39.0 Å². The number of nitriles is 1. The molecule has 2 aromatic heterocycles. The third-order valence-electron chi connectivity index (χ3n) is 3.75. The number of nitrogens with one attached hydrogen (secondary N) is 1. The average molecular weight is 315 g/mol. The fourth-order valence-electron chi connectivity index (χ4n) is 2.54. The minimum absolute atomic E-state index is 0.0543. The van der Waals surface area contributed by atoms with Crippen LogP contribution in [0.25, 0.3) is 10.2 Å². The standard InChI is InChI=1S/C15H17N5OS/c1-6(2)9-8(5-16)13(18)20-15-10(9)11(17)12(22-15)14(21)19-7-3-4-7/h6-7H,3-4,17H2,1-2H3,(H2,18,20)(H,19,21). The van der Waals surface area contributed by atoms with E-state index in [0.29, 0.717) is 26.3 Å². The Morgan fingerprint density at radius 1 is 1.45 bits per heavy atom.